The number of hydrogen-bond donors (Lipinski definition) is 0. The van der Waals surface area contributed by atoms with E-state index in [0.717, 1.165) is 33.2 Å². The van der Waals surface area contributed by atoms with Crippen LogP contribution < -0.4 is 0 Å². The predicted octanol–water partition coefficient (Wildman–Crippen LogP) is -1.71. The van der Waals surface area contributed by atoms with Crippen molar-refractivity contribution in [3.63, 3.8) is 0 Å². The Labute approximate surface area is 87.3 Å². The second-order valence-electron chi connectivity index (χ2n) is 1.57. The maximum absolute atomic E-state index is 4.97. The van der Waals surface area contributed by atoms with E-state index in [1.54, 1.807) is 0 Å². The fourth-order valence-electron chi connectivity index (χ4n) is 0.204. The van der Waals surface area contributed by atoms with Crippen LogP contribution in [-0.2, 0) is 5.68 Å². The molecule has 0 N–H and O–H groups in total. The fourth-order valence-corrected chi connectivity index (χ4v) is 1.84. The number of rotatable bonds is 3. The highest BCUT2D eigenvalue weighted by Crippen LogP contribution is 1.67. The second kappa shape index (κ2) is 16.6. The zero-order chi connectivity index (χ0) is 7.54. The SMILES string of the molecule is C[CH2][AlH][O][AlH2].[CH3][AlH][O][AlH2]. The topological polar surface area (TPSA) is 18.5 Å². The molecule has 0 aliphatic heterocycles. The average Bonchev–Trinajstić information content (AvgIpc) is 1.91. The Morgan fingerprint density at radius 3 is 1.78 bits per heavy atom. The van der Waals surface area contributed by atoms with Gasteiger partial charge >= 0.3 is 64.4 Å². The molecule has 0 atom stereocenters. The van der Waals surface area contributed by atoms with Crippen molar-refractivity contribution in [3.05, 3.63) is 0 Å². The number of hydrogen-bond acceptors (Lipinski definition) is 2. The Kier molecular flexibility index (Phi) is 25.1. The zero-order valence-corrected chi connectivity index (χ0v) is 13.8. The van der Waals surface area contributed by atoms with Crippen LogP contribution in [0.25, 0.3) is 0 Å². The van der Waals surface area contributed by atoms with Gasteiger partial charge in [-0.25, -0.2) is 0 Å². The van der Waals surface area contributed by atoms with E-state index in [2.05, 4.69) is 12.7 Å². The van der Waals surface area contributed by atoms with Crippen molar-refractivity contribution in [1.29, 1.82) is 0 Å². The molecule has 50 valence electrons. The molecular weight excluding hydrogens is 176 g/mol. The maximum atomic E-state index is 4.97. The molecule has 0 aromatic rings. The summed E-state index contributed by atoms with van der Waals surface area (Å²) >= 11 is 1.89. The molecule has 0 aliphatic rings. The molecule has 0 aromatic carbocycles. The molecule has 9 heavy (non-hydrogen) atoms. The van der Waals surface area contributed by atoms with Crippen molar-refractivity contribution in [2.75, 3.05) is 0 Å². The smallest absolute Gasteiger partial charge is 0.404 e. The van der Waals surface area contributed by atoms with Gasteiger partial charge < -0.3 is 5.68 Å². The third-order valence-corrected chi connectivity index (χ3v) is 5.05. The Hall–Kier alpha value is 2.05. The summed E-state index contributed by atoms with van der Waals surface area (Å²) in [7, 11) is 0. The van der Waals surface area contributed by atoms with E-state index in [4.69, 9.17) is 5.68 Å². The van der Waals surface area contributed by atoms with Crippen molar-refractivity contribution in [2.24, 2.45) is 0 Å². The fraction of sp³-hybridized carbons (Fsp3) is 1.00. The van der Waals surface area contributed by atoms with Gasteiger partial charge in [0.25, 0.3) is 0 Å². The molecule has 0 spiro atoms. The van der Waals surface area contributed by atoms with E-state index in [0.29, 0.717) is 0 Å². The summed E-state index contributed by atoms with van der Waals surface area (Å²) in [4.78, 5) is 0. The van der Waals surface area contributed by atoms with Gasteiger partial charge in [-0.1, -0.05) is 18.0 Å². The Balaban J connectivity index is 0. The average molecular weight is 190 g/mol. The van der Waals surface area contributed by atoms with Gasteiger partial charge in [0.05, 0.1) is 0 Å². The van der Waals surface area contributed by atoms with Gasteiger partial charge in [0.15, 0.2) is 0 Å². The minimum atomic E-state index is -0.0139. The van der Waals surface area contributed by atoms with Crippen molar-refractivity contribution in [2.45, 2.75) is 18.0 Å². The van der Waals surface area contributed by atoms with Gasteiger partial charge in [0.2, 0.25) is 0 Å². The molecule has 0 saturated carbocycles. The third-order valence-electron chi connectivity index (χ3n) is 0.697. The highest BCUT2D eigenvalue weighted by molar-refractivity contribution is 6.34. The first kappa shape index (κ1) is 13.6. The Bertz CT molecular complexity index is 33.0. The summed E-state index contributed by atoms with van der Waals surface area (Å²) in [5, 5.41) is 1.30. The van der Waals surface area contributed by atoms with Crippen LogP contribution >= 0.6 is 0 Å². The highest BCUT2D eigenvalue weighted by atomic mass is 27.2. The molecule has 0 saturated heterocycles. The minimum Gasteiger partial charge on any atom is -0.645 e. The van der Waals surface area contributed by atoms with E-state index in [-0.39, 0.29) is 31.1 Å². The van der Waals surface area contributed by atoms with Crippen molar-refractivity contribution >= 4 is 64.4 Å². The summed E-state index contributed by atoms with van der Waals surface area (Å²) in [6.45, 7) is 2.17. The first-order chi connectivity index (χ1) is 4.33. The molecule has 0 fully saturated rings. The Morgan fingerprint density at radius 1 is 1.33 bits per heavy atom. The lowest BCUT2D eigenvalue weighted by Gasteiger charge is -1.82. The Morgan fingerprint density at radius 2 is 1.78 bits per heavy atom. The second-order valence-corrected chi connectivity index (χ2v) is 8.17. The van der Waals surface area contributed by atoms with Crippen molar-refractivity contribution in [3.8, 4) is 0 Å². The molecule has 6 heteroatoms. The van der Waals surface area contributed by atoms with Gasteiger partial charge in [-0.05, 0) is 0 Å². The van der Waals surface area contributed by atoms with E-state index in [9.17, 15) is 0 Å². The lowest BCUT2D eigenvalue weighted by Crippen LogP contribution is -1.88. The normalized spacial score (nSPS) is 6.89. The molecule has 0 radical (unpaired) electrons. The van der Waals surface area contributed by atoms with Gasteiger partial charge in [0.1, 0.15) is 0 Å². The van der Waals surface area contributed by atoms with Gasteiger partial charge in [-0.3, -0.25) is 0 Å². The largest absolute Gasteiger partial charge is 0.645 e. The van der Waals surface area contributed by atoms with Crippen LogP contribution in [0.3, 0.4) is 0 Å². The maximum Gasteiger partial charge on any atom is 0.404 e. The van der Waals surface area contributed by atoms with Crippen LogP contribution in [0.5, 0.6) is 0 Å². The molecule has 0 heterocycles. The highest BCUT2D eigenvalue weighted by Gasteiger charge is 1.77. The molecule has 0 amide bonds. The van der Waals surface area contributed by atoms with Gasteiger partial charge in [-0.2, -0.15) is 0 Å². The first-order valence-corrected chi connectivity index (χ1v) is 8.51. The summed E-state index contributed by atoms with van der Waals surface area (Å²) in [6.07, 6.45) is 0. The summed E-state index contributed by atoms with van der Waals surface area (Å²) < 4.78 is 9.79. The summed E-state index contributed by atoms with van der Waals surface area (Å²) in [5.74, 6) is 2.13. The van der Waals surface area contributed by atoms with E-state index < -0.39 is 0 Å². The summed E-state index contributed by atoms with van der Waals surface area (Å²) in [6, 6.07) is 0. The van der Waals surface area contributed by atoms with Crippen molar-refractivity contribution < 1.29 is 5.68 Å². The van der Waals surface area contributed by atoms with Crippen LogP contribution in [-0.4, -0.2) is 64.4 Å². The van der Waals surface area contributed by atoms with Crippen LogP contribution in [0.15, 0.2) is 0 Å². The molecular formula is C3H14Al4O2. The molecule has 0 aromatic heterocycles. The van der Waals surface area contributed by atoms with Crippen LogP contribution in [0, 0.1) is 0 Å². The minimum absolute atomic E-state index is 0.00617. The monoisotopic (exact) mass is 190 g/mol. The lowest BCUT2D eigenvalue weighted by molar-refractivity contribution is 0.663. The summed E-state index contributed by atoms with van der Waals surface area (Å²) in [5.41, 5.74) is 0. The molecule has 2 nitrogen and oxygen atoms in total. The van der Waals surface area contributed by atoms with E-state index in [1.807, 2.05) is 0 Å². The quantitative estimate of drug-likeness (QED) is 0.493. The van der Waals surface area contributed by atoms with Crippen LogP contribution in [0.4, 0.5) is 0 Å². The lowest BCUT2D eigenvalue weighted by atomic mass is 11.0. The third kappa shape index (κ3) is 25.5. The molecule has 0 rings (SSSR count). The van der Waals surface area contributed by atoms with Crippen molar-refractivity contribution in [1.82, 2.24) is 0 Å². The predicted molar refractivity (Wildman–Crippen MR) is 49.9 cm³/mol. The molecule has 0 bridgehead atoms. The van der Waals surface area contributed by atoms with Crippen LogP contribution in [0.1, 0.15) is 6.92 Å². The van der Waals surface area contributed by atoms with E-state index >= 15 is 0 Å². The zero-order valence-electron chi connectivity index (χ0n) is 6.94. The molecule has 0 aliphatic carbocycles. The molecule has 0 unspecified atom stereocenters. The van der Waals surface area contributed by atoms with Crippen LogP contribution in [0.2, 0.25) is 11.1 Å². The van der Waals surface area contributed by atoms with Gasteiger partial charge in [0, 0.05) is 0 Å². The van der Waals surface area contributed by atoms with E-state index in [1.165, 1.54) is 5.28 Å². The van der Waals surface area contributed by atoms with Gasteiger partial charge in [-0.15, -0.1) is 0 Å². The standard InChI is InChI=1S/C2H5.CH3.4Al.2O.6H/c1-2;;;;;;;;;;;;;/h1H2,2H3;1H3;;;;;;;;;;;;. The first-order valence-electron chi connectivity index (χ1n) is 3.31.